The smallest absolute Gasteiger partial charge is 0.408 e. The van der Waals surface area contributed by atoms with E-state index in [2.05, 4.69) is 16.0 Å². The van der Waals surface area contributed by atoms with E-state index in [9.17, 15) is 24.0 Å². The molecule has 42 heavy (non-hydrogen) atoms. The van der Waals surface area contributed by atoms with Gasteiger partial charge in [-0.25, -0.2) is 9.59 Å². The van der Waals surface area contributed by atoms with Crippen molar-refractivity contribution in [1.82, 2.24) is 20.9 Å². The second-order valence-electron chi connectivity index (χ2n) is 11.2. The Balaban J connectivity index is 1.73. The first-order chi connectivity index (χ1) is 20.2. The molecule has 2 fully saturated rings. The van der Waals surface area contributed by atoms with Crippen LogP contribution >= 0.6 is 0 Å². The number of nitrogens with one attached hydrogen (secondary N) is 3. The third-order valence-electron chi connectivity index (χ3n) is 7.38. The summed E-state index contributed by atoms with van der Waals surface area (Å²) in [5.41, 5.74) is 0.830. The third-order valence-corrected chi connectivity index (χ3v) is 7.38. The second-order valence-corrected chi connectivity index (χ2v) is 11.2. The summed E-state index contributed by atoms with van der Waals surface area (Å²) in [6.07, 6.45) is 5.28. The number of amides is 4. The molecular formula is C31H44N4O7. The van der Waals surface area contributed by atoms with Gasteiger partial charge in [0, 0.05) is 31.1 Å². The molecule has 3 N–H and O–H groups in total. The van der Waals surface area contributed by atoms with Crippen molar-refractivity contribution in [2.75, 3.05) is 19.7 Å². The Morgan fingerprint density at radius 3 is 2.52 bits per heavy atom. The zero-order valence-electron chi connectivity index (χ0n) is 24.8. The summed E-state index contributed by atoms with van der Waals surface area (Å²) in [7, 11) is 0. The van der Waals surface area contributed by atoms with E-state index in [1.807, 2.05) is 44.2 Å². The van der Waals surface area contributed by atoms with Crippen molar-refractivity contribution < 1.29 is 33.4 Å². The minimum absolute atomic E-state index is 0.0788. The molecule has 0 spiro atoms. The van der Waals surface area contributed by atoms with Gasteiger partial charge in [-0.1, -0.05) is 50.3 Å². The van der Waals surface area contributed by atoms with Crippen LogP contribution in [0, 0.1) is 11.8 Å². The predicted molar refractivity (Wildman–Crippen MR) is 156 cm³/mol. The summed E-state index contributed by atoms with van der Waals surface area (Å²) in [4.78, 5) is 65.9. The number of likely N-dealkylation sites (tertiary alicyclic amines) is 1. The van der Waals surface area contributed by atoms with E-state index in [4.69, 9.17) is 9.47 Å². The summed E-state index contributed by atoms with van der Waals surface area (Å²) in [6.45, 7) is 6.87. The van der Waals surface area contributed by atoms with Gasteiger partial charge in [0.1, 0.15) is 18.7 Å². The normalized spacial score (nSPS) is 20.5. The van der Waals surface area contributed by atoms with Gasteiger partial charge in [0.15, 0.2) is 0 Å². The lowest BCUT2D eigenvalue weighted by Gasteiger charge is -2.34. The lowest BCUT2D eigenvalue weighted by Crippen LogP contribution is -2.56. The van der Waals surface area contributed by atoms with Crippen molar-refractivity contribution in [2.45, 2.75) is 84.0 Å². The number of carbonyl (C=O) groups excluding carboxylic acids is 5. The van der Waals surface area contributed by atoms with Gasteiger partial charge in [-0.3, -0.25) is 14.4 Å². The van der Waals surface area contributed by atoms with E-state index in [-0.39, 0.29) is 42.8 Å². The molecule has 2 aliphatic rings. The van der Waals surface area contributed by atoms with Gasteiger partial charge >= 0.3 is 12.1 Å². The Hall–Kier alpha value is -3.89. The van der Waals surface area contributed by atoms with Crippen molar-refractivity contribution in [3.8, 4) is 0 Å². The Labute approximate surface area is 247 Å². The lowest BCUT2D eigenvalue weighted by atomic mass is 9.96. The average molecular weight is 585 g/mol. The molecule has 0 aromatic heterocycles. The molecule has 3 rings (SSSR count). The molecule has 0 radical (unpaired) electrons. The van der Waals surface area contributed by atoms with Gasteiger partial charge in [0.25, 0.3) is 0 Å². The van der Waals surface area contributed by atoms with E-state index in [0.717, 1.165) is 5.56 Å². The van der Waals surface area contributed by atoms with Crippen molar-refractivity contribution in [3.05, 3.63) is 48.0 Å². The molecule has 1 aromatic carbocycles. The van der Waals surface area contributed by atoms with Crippen LogP contribution < -0.4 is 16.0 Å². The van der Waals surface area contributed by atoms with Crippen molar-refractivity contribution in [2.24, 2.45) is 11.8 Å². The van der Waals surface area contributed by atoms with Crippen LogP contribution in [0.15, 0.2) is 42.5 Å². The fourth-order valence-corrected chi connectivity index (χ4v) is 5.26. The first-order valence-electron chi connectivity index (χ1n) is 14.9. The Morgan fingerprint density at radius 2 is 1.86 bits per heavy atom. The van der Waals surface area contributed by atoms with Gasteiger partial charge in [-0.2, -0.15) is 0 Å². The molecule has 4 atom stereocenters. The van der Waals surface area contributed by atoms with Crippen LogP contribution in [0.3, 0.4) is 0 Å². The molecule has 2 heterocycles. The van der Waals surface area contributed by atoms with E-state index in [1.165, 1.54) is 6.08 Å². The van der Waals surface area contributed by atoms with Crippen LogP contribution in [-0.2, 0) is 35.3 Å². The maximum Gasteiger partial charge on any atom is 0.408 e. The first kappa shape index (κ1) is 32.6. The first-order valence-corrected chi connectivity index (χ1v) is 14.9. The maximum absolute atomic E-state index is 13.8. The molecule has 0 bridgehead atoms. The van der Waals surface area contributed by atoms with Gasteiger partial charge in [-0.05, 0) is 56.9 Å². The molecule has 0 saturated carbocycles. The summed E-state index contributed by atoms with van der Waals surface area (Å²) in [6, 6.07) is 7.03. The van der Waals surface area contributed by atoms with Crippen molar-refractivity contribution in [1.29, 1.82) is 0 Å². The number of nitrogens with zero attached hydrogens (tertiary/aromatic N) is 1. The van der Waals surface area contributed by atoms with Crippen LogP contribution in [0.1, 0.15) is 64.9 Å². The van der Waals surface area contributed by atoms with E-state index >= 15 is 0 Å². The SMILES string of the molecule is CCOC(=O)/C=C/[C@H](CC1CCNC1=O)NC(=O)[C@H](CC(C)C)N1CCCCC(NC(=O)OCc2ccccc2)C1=O. The van der Waals surface area contributed by atoms with Crippen LogP contribution in [-0.4, -0.2) is 72.5 Å². The van der Waals surface area contributed by atoms with Crippen LogP contribution in [0.5, 0.6) is 0 Å². The lowest BCUT2D eigenvalue weighted by molar-refractivity contribution is -0.142. The van der Waals surface area contributed by atoms with Crippen LogP contribution in [0.25, 0.3) is 0 Å². The minimum Gasteiger partial charge on any atom is -0.463 e. The van der Waals surface area contributed by atoms with Crippen molar-refractivity contribution >= 4 is 29.8 Å². The number of hydrogen-bond donors (Lipinski definition) is 3. The van der Waals surface area contributed by atoms with Gasteiger partial charge < -0.3 is 30.3 Å². The number of hydrogen-bond acceptors (Lipinski definition) is 7. The summed E-state index contributed by atoms with van der Waals surface area (Å²) in [5.74, 6) is -1.55. The standard InChI is InChI=1S/C31H44N4O7/c1-4-41-27(36)14-13-24(19-23-15-16-32-28(23)37)33-29(38)26(18-21(2)3)35-17-9-8-12-25(30(35)39)34-31(40)42-20-22-10-6-5-7-11-22/h5-7,10-11,13-14,21,23-26H,4,8-9,12,15-20H2,1-3H3,(H,32,37)(H,33,38)(H,34,40)/b14-13+/t23?,24-,25?,26+/m1/s1. The Kier molecular flexibility index (Phi) is 12.8. The number of ether oxygens (including phenoxy) is 2. The number of benzene rings is 1. The zero-order chi connectivity index (χ0) is 30.5. The molecule has 2 unspecified atom stereocenters. The van der Waals surface area contributed by atoms with Crippen LogP contribution in [0.4, 0.5) is 4.79 Å². The minimum atomic E-state index is -0.820. The number of carbonyl (C=O) groups is 5. The summed E-state index contributed by atoms with van der Waals surface area (Å²) >= 11 is 0. The highest BCUT2D eigenvalue weighted by atomic mass is 16.5. The molecular weight excluding hydrogens is 540 g/mol. The van der Waals surface area contributed by atoms with E-state index in [1.54, 1.807) is 17.9 Å². The molecule has 230 valence electrons. The molecule has 11 nitrogen and oxygen atoms in total. The molecule has 2 aliphatic heterocycles. The fourth-order valence-electron chi connectivity index (χ4n) is 5.26. The number of rotatable bonds is 13. The zero-order valence-corrected chi connectivity index (χ0v) is 24.8. The van der Waals surface area contributed by atoms with Crippen molar-refractivity contribution in [3.63, 3.8) is 0 Å². The summed E-state index contributed by atoms with van der Waals surface area (Å²) < 4.78 is 10.3. The Bertz CT molecular complexity index is 1110. The largest absolute Gasteiger partial charge is 0.463 e. The van der Waals surface area contributed by atoms with Gasteiger partial charge in [-0.15, -0.1) is 0 Å². The molecule has 2 saturated heterocycles. The molecule has 1 aromatic rings. The van der Waals surface area contributed by atoms with Gasteiger partial charge in [0.05, 0.1) is 6.61 Å². The van der Waals surface area contributed by atoms with E-state index < -0.39 is 30.2 Å². The second kappa shape index (κ2) is 16.5. The highest BCUT2D eigenvalue weighted by Crippen LogP contribution is 2.22. The number of esters is 1. The monoisotopic (exact) mass is 584 g/mol. The fraction of sp³-hybridized carbons (Fsp3) is 0.581. The quantitative estimate of drug-likeness (QED) is 0.239. The van der Waals surface area contributed by atoms with E-state index in [0.29, 0.717) is 51.6 Å². The molecule has 11 heteroatoms. The summed E-state index contributed by atoms with van der Waals surface area (Å²) in [5, 5.41) is 8.48. The molecule has 0 aliphatic carbocycles. The third kappa shape index (κ3) is 10.2. The highest BCUT2D eigenvalue weighted by Gasteiger charge is 2.37. The van der Waals surface area contributed by atoms with Gasteiger partial charge in [0.2, 0.25) is 17.7 Å². The predicted octanol–water partition coefficient (Wildman–Crippen LogP) is 2.84. The van der Waals surface area contributed by atoms with Crippen LogP contribution in [0.2, 0.25) is 0 Å². The molecule has 4 amide bonds. The Morgan fingerprint density at radius 1 is 1.10 bits per heavy atom. The number of alkyl carbamates (subject to hydrolysis) is 1. The highest BCUT2D eigenvalue weighted by molar-refractivity contribution is 5.92. The average Bonchev–Trinajstić information content (AvgIpc) is 3.28. The topological polar surface area (TPSA) is 143 Å². The maximum atomic E-state index is 13.8.